The molecule has 0 aromatic carbocycles. The number of aromatic amines is 1. The van der Waals surface area contributed by atoms with Crippen molar-refractivity contribution in [3.05, 3.63) is 18.0 Å². The number of carbonyl (C=O) groups is 1. The molecule has 1 atom stereocenters. The zero-order valence-corrected chi connectivity index (χ0v) is 14.1. The summed E-state index contributed by atoms with van der Waals surface area (Å²) >= 11 is 0. The Morgan fingerprint density at radius 2 is 2.23 bits per heavy atom. The molecule has 2 rings (SSSR count). The van der Waals surface area contributed by atoms with Crippen LogP contribution in [-0.2, 0) is 4.74 Å². The topological polar surface area (TPSA) is 70.2 Å². The minimum Gasteiger partial charge on any atom is -0.379 e. The van der Waals surface area contributed by atoms with Crippen molar-refractivity contribution in [3.63, 3.8) is 0 Å². The highest BCUT2D eigenvalue weighted by Crippen LogP contribution is 2.26. The Morgan fingerprint density at radius 3 is 2.77 bits per heavy atom. The maximum atomic E-state index is 12.3. The van der Waals surface area contributed by atoms with E-state index in [4.69, 9.17) is 4.74 Å². The number of hydrogen-bond donors (Lipinski definition) is 2. The highest BCUT2D eigenvalue weighted by atomic mass is 16.5. The van der Waals surface area contributed by atoms with Crippen molar-refractivity contribution < 1.29 is 9.53 Å². The third-order valence-corrected chi connectivity index (χ3v) is 4.46. The molecule has 1 aliphatic rings. The lowest BCUT2D eigenvalue weighted by Gasteiger charge is -2.33. The summed E-state index contributed by atoms with van der Waals surface area (Å²) < 4.78 is 5.42. The van der Waals surface area contributed by atoms with E-state index in [9.17, 15) is 4.79 Å². The number of amides is 2. The molecule has 6 nitrogen and oxygen atoms in total. The second kappa shape index (κ2) is 7.13. The third kappa shape index (κ3) is 4.47. The van der Waals surface area contributed by atoms with Gasteiger partial charge >= 0.3 is 6.03 Å². The van der Waals surface area contributed by atoms with Crippen LogP contribution < -0.4 is 5.32 Å². The lowest BCUT2D eigenvalue weighted by atomic mass is 9.94. The van der Waals surface area contributed by atoms with Crippen molar-refractivity contribution in [1.82, 2.24) is 20.4 Å². The van der Waals surface area contributed by atoms with Gasteiger partial charge in [0.05, 0.1) is 5.60 Å². The molecule has 0 saturated carbocycles. The zero-order chi connectivity index (χ0) is 16.2. The summed E-state index contributed by atoms with van der Waals surface area (Å²) in [6, 6.07) is 2.14. The van der Waals surface area contributed by atoms with Gasteiger partial charge in [-0.1, -0.05) is 0 Å². The highest BCUT2D eigenvalue weighted by Gasteiger charge is 2.26. The number of methoxy groups -OCH3 is 1. The molecule has 1 aromatic heterocycles. The normalized spacial score (nSPS) is 18.3. The molecule has 0 bridgehead atoms. The van der Waals surface area contributed by atoms with Crippen molar-refractivity contribution in [2.45, 2.75) is 57.6 Å². The summed E-state index contributed by atoms with van der Waals surface area (Å²) in [5.74, 6) is 0.483. The average Bonchev–Trinajstić information content (AvgIpc) is 3.01. The van der Waals surface area contributed by atoms with E-state index in [-0.39, 0.29) is 17.7 Å². The van der Waals surface area contributed by atoms with Crippen LogP contribution >= 0.6 is 0 Å². The number of aromatic nitrogens is 2. The van der Waals surface area contributed by atoms with E-state index in [1.165, 1.54) is 5.69 Å². The largest absolute Gasteiger partial charge is 0.379 e. The average molecular weight is 308 g/mol. The predicted molar refractivity (Wildman–Crippen MR) is 85.8 cm³/mol. The summed E-state index contributed by atoms with van der Waals surface area (Å²) in [6.45, 7) is 7.67. The van der Waals surface area contributed by atoms with E-state index < -0.39 is 0 Å². The Bertz CT molecular complexity index is 465. The smallest absolute Gasteiger partial charge is 0.317 e. The van der Waals surface area contributed by atoms with Crippen LogP contribution in [0, 0.1) is 0 Å². The highest BCUT2D eigenvalue weighted by molar-refractivity contribution is 5.74. The number of nitrogens with one attached hydrogen (secondary N) is 2. The van der Waals surface area contributed by atoms with Crippen molar-refractivity contribution in [3.8, 4) is 0 Å². The van der Waals surface area contributed by atoms with Crippen LogP contribution in [0.15, 0.2) is 12.3 Å². The fraction of sp³-hybridized carbons (Fsp3) is 0.750. The molecule has 1 aromatic rings. The van der Waals surface area contributed by atoms with Crippen LogP contribution in [0.3, 0.4) is 0 Å². The summed E-state index contributed by atoms with van der Waals surface area (Å²) in [7, 11) is 1.70. The lowest BCUT2D eigenvalue weighted by molar-refractivity contribution is 0.00907. The molecule has 0 spiro atoms. The molecule has 0 unspecified atom stereocenters. The second-order valence-electron chi connectivity index (χ2n) is 6.79. The van der Waals surface area contributed by atoms with E-state index in [0.717, 1.165) is 32.4 Å². The molecule has 2 amide bonds. The van der Waals surface area contributed by atoms with Gasteiger partial charge in [0.15, 0.2) is 0 Å². The fourth-order valence-corrected chi connectivity index (χ4v) is 3.06. The Morgan fingerprint density at radius 1 is 1.55 bits per heavy atom. The first kappa shape index (κ1) is 16.8. The number of hydrogen-bond acceptors (Lipinski definition) is 3. The molecular weight excluding hydrogens is 280 g/mol. The van der Waals surface area contributed by atoms with E-state index >= 15 is 0 Å². The predicted octanol–water partition coefficient (Wildman–Crippen LogP) is 2.50. The maximum absolute atomic E-state index is 12.3. The molecule has 2 heterocycles. The summed E-state index contributed by atoms with van der Waals surface area (Å²) in [5, 5.41) is 10.1. The van der Waals surface area contributed by atoms with Crippen LogP contribution in [0.5, 0.6) is 0 Å². The van der Waals surface area contributed by atoms with Gasteiger partial charge < -0.3 is 15.0 Å². The molecule has 1 fully saturated rings. The minimum atomic E-state index is -0.222. The van der Waals surface area contributed by atoms with Crippen molar-refractivity contribution in [2.24, 2.45) is 0 Å². The van der Waals surface area contributed by atoms with Gasteiger partial charge in [0.25, 0.3) is 0 Å². The van der Waals surface area contributed by atoms with E-state index in [0.29, 0.717) is 5.92 Å². The number of urea groups is 1. The van der Waals surface area contributed by atoms with Crippen LogP contribution in [0.1, 0.15) is 51.6 Å². The van der Waals surface area contributed by atoms with Crippen LogP contribution in [0.25, 0.3) is 0 Å². The lowest BCUT2D eigenvalue weighted by Crippen LogP contribution is -2.48. The molecule has 2 N–H and O–H groups in total. The quantitative estimate of drug-likeness (QED) is 0.878. The first-order chi connectivity index (χ1) is 10.4. The third-order valence-electron chi connectivity index (χ3n) is 4.46. The van der Waals surface area contributed by atoms with E-state index in [1.54, 1.807) is 13.3 Å². The minimum absolute atomic E-state index is 0.0301. The zero-order valence-electron chi connectivity index (χ0n) is 14.1. The van der Waals surface area contributed by atoms with Crippen LogP contribution in [0.4, 0.5) is 4.79 Å². The Kier molecular flexibility index (Phi) is 5.45. The van der Waals surface area contributed by atoms with Gasteiger partial charge in [-0.3, -0.25) is 5.10 Å². The standard InChI is InChI=1S/C16H28N4O2/c1-12(11-16(2,3)22-4)18-15(21)20-9-6-13(7-10-20)14-5-8-17-19-14/h5,8,12-13H,6-7,9-11H2,1-4H3,(H,17,19)(H,18,21)/t12-/m1/s1. The first-order valence-electron chi connectivity index (χ1n) is 8.01. The van der Waals surface area contributed by atoms with Crippen molar-refractivity contribution in [2.75, 3.05) is 20.2 Å². The van der Waals surface area contributed by atoms with Gasteiger partial charge in [-0.15, -0.1) is 0 Å². The van der Waals surface area contributed by atoms with Crippen molar-refractivity contribution in [1.29, 1.82) is 0 Å². The first-order valence-corrected chi connectivity index (χ1v) is 8.01. The number of carbonyl (C=O) groups excluding carboxylic acids is 1. The van der Waals surface area contributed by atoms with Crippen LogP contribution in [0.2, 0.25) is 0 Å². The number of likely N-dealkylation sites (tertiary alicyclic amines) is 1. The SMILES string of the molecule is COC(C)(C)C[C@@H](C)NC(=O)N1CCC(c2ccn[nH]2)CC1. The number of nitrogens with zero attached hydrogens (tertiary/aromatic N) is 2. The van der Waals surface area contributed by atoms with Crippen LogP contribution in [-0.4, -0.2) is 53.0 Å². The van der Waals surface area contributed by atoms with E-state index in [1.807, 2.05) is 31.7 Å². The molecule has 1 aliphatic heterocycles. The second-order valence-corrected chi connectivity index (χ2v) is 6.79. The Labute approximate surface area is 132 Å². The van der Waals surface area contributed by atoms with Gasteiger partial charge in [0, 0.05) is 44.0 Å². The molecular formula is C16H28N4O2. The van der Waals surface area contributed by atoms with E-state index in [2.05, 4.69) is 15.5 Å². The van der Waals surface area contributed by atoms with Gasteiger partial charge in [-0.05, 0) is 46.1 Å². The molecule has 0 aliphatic carbocycles. The molecule has 6 heteroatoms. The number of rotatable bonds is 5. The molecule has 124 valence electrons. The number of ether oxygens (including phenoxy) is 1. The number of H-pyrrole nitrogens is 1. The van der Waals surface area contributed by atoms with Gasteiger partial charge in [-0.2, -0.15) is 5.10 Å². The Balaban J connectivity index is 1.77. The van der Waals surface area contributed by atoms with Crippen molar-refractivity contribution >= 4 is 6.03 Å². The fourth-order valence-electron chi connectivity index (χ4n) is 3.06. The molecule has 1 saturated heterocycles. The Hall–Kier alpha value is -1.56. The molecule has 0 radical (unpaired) electrons. The summed E-state index contributed by atoms with van der Waals surface area (Å²) in [4.78, 5) is 14.2. The van der Waals surface area contributed by atoms with Gasteiger partial charge in [0.1, 0.15) is 0 Å². The number of piperidine rings is 1. The molecule has 22 heavy (non-hydrogen) atoms. The van der Waals surface area contributed by atoms with Gasteiger partial charge in [0.2, 0.25) is 0 Å². The monoisotopic (exact) mass is 308 g/mol. The maximum Gasteiger partial charge on any atom is 0.317 e. The van der Waals surface area contributed by atoms with Gasteiger partial charge in [-0.25, -0.2) is 4.79 Å². The summed E-state index contributed by atoms with van der Waals surface area (Å²) in [5.41, 5.74) is 0.954. The summed E-state index contributed by atoms with van der Waals surface area (Å²) in [6.07, 6.45) is 4.54.